The predicted octanol–water partition coefficient (Wildman–Crippen LogP) is 3.56. The van der Waals surface area contributed by atoms with Gasteiger partial charge in [0.25, 0.3) is 0 Å². The van der Waals surface area contributed by atoms with Crippen LogP contribution in [-0.2, 0) is 12.6 Å². The summed E-state index contributed by atoms with van der Waals surface area (Å²) in [6.45, 7) is 4.14. The van der Waals surface area contributed by atoms with Gasteiger partial charge in [0.05, 0.1) is 23.4 Å². The molecule has 0 spiro atoms. The van der Waals surface area contributed by atoms with Crippen LogP contribution >= 0.6 is 0 Å². The van der Waals surface area contributed by atoms with Crippen LogP contribution in [0.15, 0.2) is 28.8 Å². The van der Waals surface area contributed by atoms with Crippen molar-refractivity contribution in [2.45, 2.75) is 57.9 Å². The fraction of sp³-hybridized carbons (Fsp3) is 0.500. The number of guanidine groups is 1. The van der Waals surface area contributed by atoms with Crippen molar-refractivity contribution >= 4 is 17.4 Å². The summed E-state index contributed by atoms with van der Waals surface area (Å²) in [6.07, 6.45) is -3.21. The molecule has 2 aliphatic heterocycles. The van der Waals surface area contributed by atoms with E-state index in [0.29, 0.717) is 49.2 Å². The molecule has 3 rings (SSSR count). The maximum absolute atomic E-state index is 13.5. The summed E-state index contributed by atoms with van der Waals surface area (Å²) in [4.78, 5) is 6.17. The predicted molar refractivity (Wildman–Crippen MR) is 103 cm³/mol. The second-order valence-corrected chi connectivity index (χ2v) is 7.41. The number of rotatable bonds is 4. The van der Waals surface area contributed by atoms with Crippen molar-refractivity contribution in [2.75, 3.05) is 6.54 Å². The van der Waals surface area contributed by atoms with E-state index in [1.165, 1.54) is 12.1 Å². The number of nitrogens with two attached hydrogens (primary N) is 1. The van der Waals surface area contributed by atoms with Gasteiger partial charge >= 0.3 is 6.18 Å². The first-order valence-electron chi connectivity index (χ1n) is 9.40. The van der Waals surface area contributed by atoms with Crippen molar-refractivity contribution in [2.24, 2.45) is 10.7 Å². The molecular formula is C20H25F3N4O. The van der Waals surface area contributed by atoms with E-state index >= 15 is 0 Å². The molecule has 28 heavy (non-hydrogen) atoms. The molecule has 1 aromatic carbocycles. The highest BCUT2D eigenvalue weighted by Crippen LogP contribution is 2.38. The Labute approximate surface area is 162 Å². The van der Waals surface area contributed by atoms with Crippen LogP contribution < -0.4 is 5.73 Å². The summed E-state index contributed by atoms with van der Waals surface area (Å²) in [5.74, 6) is -0.140. The first kappa shape index (κ1) is 20.4. The van der Waals surface area contributed by atoms with E-state index in [1.54, 1.807) is 11.0 Å². The summed E-state index contributed by atoms with van der Waals surface area (Å²) < 4.78 is 40.6. The third kappa shape index (κ3) is 3.78. The van der Waals surface area contributed by atoms with E-state index in [0.717, 1.165) is 5.57 Å². The van der Waals surface area contributed by atoms with Crippen LogP contribution in [0.2, 0.25) is 0 Å². The number of aliphatic hydroxyl groups is 1. The van der Waals surface area contributed by atoms with E-state index < -0.39 is 23.9 Å². The van der Waals surface area contributed by atoms with Crippen molar-refractivity contribution in [3.8, 4) is 0 Å². The summed E-state index contributed by atoms with van der Waals surface area (Å²) in [5.41, 5.74) is 7.68. The summed E-state index contributed by atoms with van der Waals surface area (Å²) in [7, 11) is 0. The molecule has 4 N–H and O–H groups in total. The van der Waals surface area contributed by atoms with Crippen LogP contribution in [0.5, 0.6) is 0 Å². The molecule has 5 nitrogen and oxygen atoms in total. The quantitative estimate of drug-likeness (QED) is 0.539. The van der Waals surface area contributed by atoms with E-state index in [1.807, 2.05) is 13.8 Å². The number of hydrogen-bond donors (Lipinski definition) is 3. The third-order valence-corrected chi connectivity index (χ3v) is 5.33. The van der Waals surface area contributed by atoms with Gasteiger partial charge in [-0.25, -0.2) is 0 Å². The van der Waals surface area contributed by atoms with Gasteiger partial charge in [0.2, 0.25) is 0 Å². The normalized spacial score (nSPS) is 22.8. The zero-order chi connectivity index (χ0) is 20.6. The van der Waals surface area contributed by atoms with Crippen molar-refractivity contribution < 1.29 is 18.3 Å². The minimum absolute atomic E-state index is 0.140. The molecule has 152 valence electrons. The molecule has 0 amide bonds. The summed E-state index contributed by atoms with van der Waals surface area (Å²) in [6, 6.07) is 3.87. The number of aliphatic imine (C=N–C) groups is 1. The Hall–Kier alpha value is -2.35. The number of hydrogen-bond acceptors (Lipinski definition) is 3. The molecule has 0 bridgehead atoms. The first-order chi connectivity index (χ1) is 13.1. The second-order valence-electron chi connectivity index (χ2n) is 7.41. The highest BCUT2D eigenvalue weighted by Gasteiger charge is 2.39. The molecule has 0 aliphatic carbocycles. The molecule has 0 radical (unpaired) electrons. The number of aliphatic hydroxyl groups excluding tert-OH is 1. The fourth-order valence-corrected chi connectivity index (χ4v) is 4.04. The smallest absolute Gasteiger partial charge is 0.390 e. The van der Waals surface area contributed by atoms with Crippen LogP contribution in [0, 0.1) is 5.41 Å². The van der Waals surface area contributed by atoms with Crippen molar-refractivity contribution in [1.82, 2.24) is 4.90 Å². The largest absolute Gasteiger partial charge is 0.416 e. The molecule has 2 aliphatic rings. The zero-order valence-corrected chi connectivity index (χ0v) is 16.0. The number of nitrogens with zero attached hydrogens (tertiary/aromatic N) is 2. The van der Waals surface area contributed by atoms with Crippen LogP contribution in [0.25, 0.3) is 5.70 Å². The molecule has 1 fully saturated rings. The first-order valence-corrected chi connectivity index (χ1v) is 9.40. The van der Waals surface area contributed by atoms with Gasteiger partial charge in [0, 0.05) is 24.2 Å². The number of aryl methyl sites for hydroxylation is 1. The minimum Gasteiger partial charge on any atom is -0.390 e. The number of benzene rings is 1. The highest BCUT2D eigenvalue weighted by atomic mass is 19.4. The number of allylic oxidation sites excluding steroid dienone is 1. The minimum atomic E-state index is -4.42. The SMILES string of the molecule is CCCc1ccc(C2=C(C)CC([C@@H]3[C@@H](O)CCN3C(=N)N)=N2)cc1C(F)(F)F. The van der Waals surface area contributed by atoms with E-state index in [-0.39, 0.29) is 11.5 Å². The van der Waals surface area contributed by atoms with Crippen LogP contribution in [0.3, 0.4) is 0 Å². The molecule has 0 saturated carbocycles. The van der Waals surface area contributed by atoms with Gasteiger partial charge in [-0.1, -0.05) is 25.5 Å². The zero-order valence-electron chi connectivity index (χ0n) is 16.0. The lowest BCUT2D eigenvalue weighted by atomic mass is 9.97. The Morgan fingerprint density at radius 1 is 1.39 bits per heavy atom. The highest BCUT2D eigenvalue weighted by molar-refractivity contribution is 6.03. The number of nitrogens with one attached hydrogen (secondary N) is 1. The molecule has 2 heterocycles. The lowest BCUT2D eigenvalue weighted by Gasteiger charge is -2.26. The van der Waals surface area contributed by atoms with Gasteiger partial charge in [0.15, 0.2) is 5.96 Å². The Kier molecular flexibility index (Phi) is 5.52. The maximum atomic E-state index is 13.5. The summed E-state index contributed by atoms with van der Waals surface area (Å²) >= 11 is 0. The Balaban J connectivity index is 1.97. The standard InChI is InChI=1S/C20H25F3N4O/c1-3-4-12-5-6-13(10-14(12)20(21,22)23)17-11(2)9-15(26-17)18-16(28)7-8-27(18)19(24)25/h5-6,10,16,18,28H,3-4,7-9H2,1-2H3,(H3,24,25)/t16-,18+/m0/s1. The third-order valence-electron chi connectivity index (χ3n) is 5.33. The van der Waals surface area contributed by atoms with Gasteiger partial charge in [0.1, 0.15) is 0 Å². The van der Waals surface area contributed by atoms with Crippen molar-refractivity contribution in [1.29, 1.82) is 5.41 Å². The van der Waals surface area contributed by atoms with Crippen LogP contribution in [-0.4, -0.2) is 40.4 Å². The molecule has 2 atom stereocenters. The van der Waals surface area contributed by atoms with Crippen molar-refractivity contribution in [3.63, 3.8) is 0 Å². The Morgan fingerprint density at radius 2 is 2.11 bits per heavy atom. The average Bonchev–Trinajstić information content (AvgIpc) is 3.17. The monoisotopic (exact) mass is 394 g/mol. The molecular weight excluding hydrogens is 369 g/mol. The van der Waals surface area contributed by atoms with E-state index in [4.69, 9.17) is 11.1 Å². The Bertz CT molecular complexity index is 844. The van der Waals surface area contributed by atoms with Crippen LogP contribution in [0.4, 0.5) is 13.2 Å². The van der Waals surface area contributed by atoms with Crippen molar-refractivity contribution in [3.05, 3.63) is 40.5 Å². The topological polar surface area (TPSA) is 85.7 Å². The molecule has 0 aromatic heterocycles. The van der Waals surface area contributed by atoms with Gasteiger partial charge < -0.3 is 15.7 Å². The molecule has 8 heteroatoms. The Morgan fingerprint density at radius 3 is 2.71 bits per heavy atom. The average molecular weight is 394 g/mol. The molecule has 0 unspecified atom stereocenters. The second kappa shape index (κ2) is 7.58. The summed E-state index contributed by atoms with van der Waals surface area (Å²) in [5, 5.41) is 18.0. The maximum Gasteiger partial charge on any atom is 0.416 e. The van der Waals surface area contributed by atoms with Crippen LogP contribution in [0.1, 0.15) is 49.8 Å². The van der Waals surface area contributed by atoms with Gasteiger partial charge in [-0.15, -0.1) is 0 Å². The fourth-order valence-electron chi connectivity index (χ4n) is 4.04. The van der Waals surface area contributed by atoms with E-state index in [9.17, 15) is 18.3 Å². The van der Waals surface area contributed by atoms with Gasteiger partial charge in [-0.2, -0.15) is 13.2 Å². The number of halogens is 3. The van der Waals surface area contributed by atoms with Gasteiger partial charge in [-0.3, -0.25) is 10.4 Å². The number of likely N-dealkylation sites (tertiary alicyclic amines) is 1. The molecule has 1 saturated heterocycles. The van der Waals surface area contributed by atoms with Gasteiger partial charge in [-0.05, 0) is 37.0 Å². The molecule has 1 aromatic rings. The lowest BCUT2D eigenvalue weighted by molar-refractivity contribution is -0.138. The lowest BCUT2D eigenvalue weighted by Crippen LogP contribution is -2.47. The van der Waals surface area contributed by atoms with E-state index in [2.05, 4.69) is 4.99 Å². The number of alkyl halides is 3.